The van der Waals surface area contributed by atoms with Crippen molar-refractivity contribution >= 4 is 33.4 Å². The Morgan fingerprint density at radius 2 is 1.62 bits per heavy atom. The van der Waals surface area contributed by atoms with Gasteiger partial charge in [0.25, 0.3) is 5.91 Å². The summed E-state index contributed by atoms with van der Waals surface area (Å²) in [6.07, 6.45) is 1.97. The molecule has 0 aliphatic heterocycles. The summed E-state index contributed by atoms with van der Waals surface area (Å²) < 4.78 is 22.3. The topological polar surface area (TPSA) is 89.3 Å². The fraction of sp³-hybridized carbons (Fsp3) is 0.0714. The highest BCUT2D eigenvalue weighted by atomic mass is 32.2. The number of nitrogens with one attached hydrogen (secondary N) is 1. The summed E-state index contributed by atoms with van der Waals surface area (Å²) >= 11 is 1.62. The number of nitrogens with two attached hydrogens (primary N) is 1. The van der Waals surface area contributed by atoms with E-state index in [0.717, 1.165) is 4.90 Å². The molecule has 0 saturated carbocycles. The molecule has 7 heteroatoms. The molecule has 2 rings (SSSR count). The smallest absolute Gasteiger partial charge is 0.255 e. The zero-order valence-electron chi connectivity index (χ0n) is 11.2. The van der Waals surface area contributed by atoms with Crippen LogP contribution in [0.5, 0.6) is 0 Å². The maximum atomic E-state index is 12.0. The average molecular weight is 322 g/mol. The molecule has 2 aromatic rings. The Morgan fingerprint density at radius 3 is 2.10 bits per heavy atom. The molecule has 0 fully saturated rings. The van der Waals surface area contributed by atoms with E-state index in [-0.39, 0.29) is 10.8 Å². The minimum Gasteiger partial charge on any atom is -0.322 e. The van der Waals surface area contributed by atoms with Crippen molar-refractivity contribution in [2.75, 3.05) is 11.6 Å². The van der Waals surface area contributed by atoms with E-state index in [1.807, 2.05) is 30.5 Å². The summed E-state index contributed by atoms with van der Waals surface area (Å²) in [6, 6.07) is 12.9. The lowest BCUT2D eigenvalue weighted by Gasteiger charge is -2.06. The monoisotopic (exact) mass is 322 g/mol. The zero-order chi connectivity index (χ0) is 15.5. The molecule has 2 aromatic carbocycles. The summed E-state index contributed by atoms with van der Waals surface area (Å²) in [4.78, 5) is 13.1. The van der Waals surface area contributed by atoms with Crippen molar-refractivity contribution in [1.82, 2.24) is 0 Å². The number of rotatable bonds is 4. The summed E-state index contributed by atoms with van der Waals surface area (Å²) in [5.41, 5.74) is 1.03. The maximum absolute atomic E-state index is 12.0. The SMILES string of the molecule is CSc1ccc(NC(=O)c2ccc(S(N)(=O)=O)cc2)cc1. The molecule has 0 bridgehead atoms. The van der Waals surface area contributed by atoms with Gasteiger partial charge in [-0.2, -0.15) is 0 Å². The Bertz CT molecular complexity index is 739. The third-order valence-corrected chi connectivity index (χ3v) is 4.47. The summed E-state index contributed by atoms with van der Waals surface area (Å²) in [7, 11) is -3.75. The first-order valence-electron chi connectivity index (χ1n) is 5.98. The van der Waals surface area contributed by atoms with Crippen molar-refractivity contribution in [2.24, 2.45) is 5.14 Å². The van der Waals surface area contributed by atoms with E-state index >= 15 is 0 Å². The number of carbonyl (C=O) groups excluding carboxylic acids is 1. The number of benzene rings is 2. The van der Waals surface area contributed by atoms with Crippen LogP contribution in [0.3, 0.4) is 0 Å². The highest BCUT2D eigenvalue weighted by molar-refractivity contribution is 7.98. The van der Waals surface area contributed by atoms with Gasteiger partial charge in [0.15, 0.2) is 0 Å². The fourth-order valence-corrected chi connectivity index (χ4v) is 2.60. The lowest BCUT2D eigenvalue weighted by atomic mass is 10.2. The Labute approximate surface area is 127 Å². The number of sulfonamides is 1. The van der Waals surface area contributed by atoms with Gasteiger partial charge in [-0.25, -0.2) is 13.6 Å². The van der Waals surface area contributed by atoms with Gasteiger partial charge in [-0.15, -0.1) is 11.8 Å². The molecule has 0 heterocycles. The number of anilines is 1. The predicted octanol–water partition coefficient (Wildman–Crippen LogP) is 2.31. The first-order chi connectivity index (χ1) is 9.90. The van der Waals surface area contributed by atoms with E-state index in [1.165, 1.54) is 24.3 Å². The van der Waals surface area contributed by atoms with E-state index in [0.29, 0.717) is 11.3 Å². The molecule has 0 atom stereocenters. The zero-order valence-corrected chi connectivity index (χ0v) is 12.9. The second-order valence-electron chi connectivity index (χ2n) is 4.25. The quantitative estimate of drug-likeness (QED) is 0.845. The Hall–Kier alpha value is -1.83. The molecular weight excluding hydrogens is 308 g/mol. The molecule has 0 aliphatic rings. The van der Waals surface area contributed by atoms with Crippen LogP contribution < -0.4 is 10.5 Å². The van der Waals surface area contributed by atoms with E-state index < -0.39 is 10.0 Å². The van der Waals surface area contributed by atoms with Gasteiger partial charge in [0.05, 0.1) is 4.90 Å². The lowest BCUT2D eigenvalue weighted by molar-refractivity contribution is 0.102. The van der Waals surface area contributed by atoms with Gasteiger partial charge in [0.1, 0.15) is 0 Å². The van der Waals surface area contributed by atoms with E-state index in [2.05, 4.69) is 5.32 Å². The van der Waals surface area contributed by atoms with Crippen LogP contribution >= 0.6 is 11.8 Å². The predicted molar refractivity (Wildman–Crippen MR) is 84.0 cm³/mol. The second kappa shape index (κ2) is 6.30. The molecule has 3 N–H and O–H groups in total. The molecule has 0 radical (unpaired) electrons. The van der Waals surface area contributed by atoms with Gasteiger partial charge in [-0.05, 0) is 54.8 Å². The van der Waals surface area contributed by atoms with Crippen LogP contribution in [0.1, 0.15) is 10.4 Å². The first-order valence-corrected chi connectivity index (χ1v) is 8.75. The van der Waals surface area contributed by atoms with Crippen molar-refractivity contribution in [1.29, 1.82) is 0 Å². The van der Waals surface area contributed by atoms with Gasteiger partial charge < -0.3 is 5.32 Å². The van der Waals surface area contributed by atoms with Gasteiger partial charge in [-0.3, -0.25) is 4.79 Å². The Kier molecular flexibility index (Phi) is 4.66. The molecular formula is C14H14N2O3S2. The lowest BCUT2D eigenvalue weighted by Crippen LogP contribution is -2.14. The highest BCUT2D eigenvalue weighted by Gasteiger charge is 2.10. The van der Waals surface area contributed by atoms with Crippen molar-refractivity contribution < 1.29 is 13.2 Å². The molecule has 0 spiro atoms. The minimum absolute atomic E-state index is 0.0247. The van der Waals surface area contributed by atoms with Gasteiger partial charge in [0, 0.05) is 16.1 Å². The number of hydrogen-bond acceptors (Lipinski definition) is 4. The third kappa shape index (κ3) is 4.07. The number of carbonyl (C=O) groups is 1. The van der Waals surface area contributed by atoms with Gasteiger partial charge in [-0.1, -0.05) is 0 Å². The van der Waals surface area contributed by atoms with Crippen LogP contribution in [0.4, 0.5) is 5.69 Å². The second-order valence-corrected chi connectivity index (χ2v) is 6.69. The van der Waals surface area contributed by atoms with Crippen LogP contribution in [-0.2, 0) is 10.0 Å². The molecule has 21 heavy (non-hydrogen) atoms. The Morgan fingerprint density at radius 1 is 1.05 bits per heavy atom. The molecule has 0 unspecified atom stereocenters. The molecule has 0 aromatic heterocycles. The normalized spacial score (nSPS) is 11.1. The fourth-order valence-electron chi connectivity index (χ4n) is 1.67. The molecule has 110 valence electrons. The van der Waals surface area contributed by atoms with E-state index in [4.69, 9.17) is 5.14 Å². The number of amides is 1. The molecule has 0 saturated heterocycles. The number of hydrogen-bond donors (Lipinski definition) is 2. The van der Waals surface area contributed by atoms with Gasteiger partial charge >= 0.3 is 0 Å². The maximum Gasteiger partial charge on any atom is 0.255 e. The standard InChI is InChI=1S/C14H14N2O3S2/c1-20-12-6-4-11(5-7-12)16-14(17)10-2-8-13(9-3-10)21(15,18)19/h2-9H,1H3,(H,16,17)(H2,15,18,19). The van der Waals surface area contributed by atoms with Crippen molar-refractivity contribution in [3.8, 4) is 0 Å². The van der Waals surface area contributed by atoms with Gasteiger partial charge in [0.2, 0.25) is 10.0 Å². The average Bonchev–Trinajstić information content (AvgIpc) is 2.47. The van der Waals surface area contributed by atoms with Crippen LogP contribution in [0.25, 0.3) is 0 Å². The highest BCUT2D eigenvalue weighted by Crippen LogP contribution is 2.18. The van der Waals surface area contributed by atoms with Crippen molar-refractivity contribution in [3.63, 3.8) is 0 Å². The first kappa shape index (κ1) is 15.6. The van der Waals surface area contributed by atoms with Crippen LogP contribution in [-0.4, -0.2) is 20.6 Å². The molecule has 1 amide bonds. The summed E-state index contributed by atoms with van der Waals surface area (Å²) in [5.74, 6) is -0.312. The third-order valence-electron chi connectivity index (χ3n) is 2.79. The van der Waals surface area contributed by atoms with Crippen LogP contribution in [0, 0.1) is 0 Å². The molecule has 5 nitrogen and oxygen atoms in total. The summed E-state index contributed by atoms with van der Waals surface area (Å²) in [6.45, 7) is 0. The van der Waals surface area contributed by atoms with E-state index in [1.54, 1.807) is 11.8 Å². The summed E-state index contributed by atoms with van der Waals surface area (Å²) in [5, 5.41) is 7.74. The van der Waals surface area contributed by atoms with Crippen LogP contribution in [0.2, 0.25) is 0 Å². The number of thioether (sulfide) groups is 1. The largest absolute Gasteiger partial charge is 0.322 e. The van der Waals surface area contributed by atoms with Crippen molar-refractivity contribution in [3.05, 3.63) is 54.1 Å². The molecule has 0 aliphatic carbocycles. The van der Waals surface area contributed by atoms with Crippen LogP contribution in [0.15, 0.2) is 58.3 Å². The minimum atomic E-state index is -3.75. The van der Waals surface area contributed by atoms with E-state index in [9.17, 15) is 13.2 Å². The van der Waals surface area contributed by atoms with Crippen molar-refractivity contribution in [2.45, 2.75) is 9.79 Å². The Balaban J connectivity index is 2.12. The number of primary sulfonamides is 1.